The third kappa shape index (κ3) is 6.81. The summed E-state index contributed by atoms with van der Waals surface area (Å²) in [5, 5.41) is 0. The van der Waals surface area contributed by atoms with E-state index in [-0.39, 0.29) is 6.23 Å². The lowest BCUT2D eigenvalue weighted by molar-refractivity contribution is -0.0255. The lowest BCUT2D eigenvalue weighted by atomic mass is 10.4. The molecular formula is C15H31NO3Si. The molecule has 0 aromatic heterocycles. The minimum absolute atomic E-state index is 0.0812. The first-order chi connectivity index (χ1) is 9.59. The third-order valence-electron chi connectivity index (χ3n) is 2.88. The van der Waals surface area contributed by atoms with Crippen LogP contribution in [-0.4, -0.2) is 46.2 Å². The Bertz CT molecular complexity index is 247. The summed E-state index contributed by atoms with van der Waals surface area (Å²) in [6, 6.07) is 0.842. The van der Waals surface area contributed by atoms with Gasteiger partial charge in [0.2, 0.25) is 0 Å². The second-order valence-electron chi connectivity index (χ2n) is 4.55. The molecule has 0 aliphatic carbocycles. The van der Waals surface area contributed by atoms with Gasteiger partial charge in [-0.15, -0.1) is 13.2 Å². The maximum atomic E-state index is 6.25. The van der Waals surface area contributed by atoms with Crippen LogP contribution >= 0.6 is 0 Å². The van der Waals surface area contributed by atoms with Gasteiger partial charge in [-0.25, -0.2) is 0 Å². The van der Waals surface area contributed by atoms with E-state index in [1.54, 1.807) is 0 Å². The molecule has 0 rings (SSSR count). The molecular weight excluding hydrogens is 270 g/mol. The largest absolute Gasteiger partial charge is 0.502 e. The Balaban J connectivity index is 4.89. The van der Waals surface area contributed by atoms with Gasteiger partial charge in [0.25, 0.3) is 0 Å². The Morgan fingerprint density at radius 1 is 1.05 bits per heavy atom. The Kier molecular flexibility index (Phi) is 11.0. The molecule has 0 N–H and O–H groups in total. The Morgan fingerprint density at radius 2 is 1.55 bits per heavy atom. The van der Waals surface area contributed by atoms with E-state index < -0.39 is 8.80 Å². The number of nitrogens with zero attached hydrogens (tertiary/aromatic N) is 1. The molecule has 0 saturated carbocycles. The predicted octanol–water partition coefficient (Wildman–Crippen LogP) is 3.44. The van der Waals surface area contributed by atoms with Gasteiger partial charge in [-0.05, 0) is 20.8 Å². The second kappa shape index (κ2) is 11.2. The molecule has 0 heterocycles. The Labute approximate surface area is 125 Å². The molecule has 0 amide bonds. The van der Waals surface area contributed by atoms with Crippen LogP contribution < -0.4 is 0 Å². The summed E-state index contributed by atoms with van der Waals surface area (Å²) in [5.74, 6) is 0. The molecule has 0 aliphatic rings. The van der Waals surface area contributed by atoms with Crippen molar-refractivity contribution in [3.63, 3.8) is 0 Å². The van der Waals surface area contributed by atoms with Gasteiger partial charge in [-0.2, -0.15) is 0 Å². The normalized spacial score (nSPS) is 13.4. The summed E-state index contributed by atoms with van der Waals surface area (Å²) in [5.41, 5.74) is 0. The number of hydrogen-bond acceptors (Lipinski definition) is 4. The molecule has 0 saturated heterocycles. The molecule has 20 heavy (non-hydrogen) atoms. The molecule has 0 radical (unpaired) electrons. The number of hydrogen-bond donors (Lipinski definition) is 0. The lowest BCUT2D eigenvalue weighted by Crippen LogP contribution is -2.51. The van der Waals surface area contributed by atoms with Gasteiger partial charge in [0, 0.05) is 32.3 Å². The van der Waals surface area contributed by atoms with Gasteiger partial charge >= 0.3 is 8.80 Å². The van der Waals surface area contributed by atoms with E-state index in [1.165, 1.54) is 0 Å². The molecule has 0 aromatic rings. The van der Waals surface area contributed by atoms with E-state index in [9.17, 15) is 0 Å². The predicted molar refractivity (Wildman–Crippen MR) is 86.6 cm³/mol. The summed E-state index contributed by atoms with van der Waals surface area (Å²) in [6.45, 7) is 18.4. The van der Waals surface area contributed by atoms with Crippen LogP contribution in [0.15, 0.2) is 25.3 Å². The molecule has 0 fully saturated rings. The Hall–Kier alpha value is -0.463. The van der Waals surface area contributed by atoms with Crippen LogP contribution in [0.2, 0.25) is 6.04 Å². The third-order valence-corrected chi connectivity index (χ3v) is 6.15. The van der Waals surface area contributed by atoms with Crippen molar-refractivity contribution in [2.75, 3.05) is 26.3 Å². The van der Waals surface area contributed by atoms with E-state index in [1.807, 2.05) is 32.9 Å². The van der Waals surface area contributed by atoms with Crippen LogP contribution in [0.5, 0.6) is 0 Å². The monoisotopic (exact) mass is 301 g/mol. The molecule has 0 aliphatic heterocycles. The summed E-state index contributed by atoms with van der Waals surface area (Å²) in [4.78, 5) is 2.15. The van der Waals surface area contributed by atoms with E-state index in [2.05, 4.69) is 25.0 Å². The minimum Gasteiger partial charge on any atom is -0.374 e. The van der Waals surface area contributed by atoms with Gasteiger partial charge < -0.3 is 13.3 Å². The lowest BCUT2D eigenvalue weighted by Gasteiger charge is -2.35. The minimum atomic E-state index is -2.59. The van der Waals surface area contributed by atoms with Crippen molar-refractivity contribution >= 4 is 8.80 Å². The quantitative estimate of drug-likeness (QED) is 0.296. The zero-order chi connectivity index (χ0) is 15.4. The van der Waals surface area contributed by atoms with Crippen molar-refractivity contribution in [2.45, 2.75) is 46.4 Å². The topological polar surface area (TPSA) is 30.9 Å². The molecule has 1 unspecified atom stereocenters. The first-order valence-corrected chi connectivity index (χ1v) is 9.43. The maximum Gasteiger partial charge on any atom is 0.502 e. The van der Waals surface area contributed by atoms with Gasteiger partial charge in [-0.3, -0.25) is 4.90 Å². The van der Waals surface area contributed by atoms with Crippen molar-refractivity contribution in [1.29, 1.82) is 0 Å². The fraction of sp³-hybridized carbons (Fsp3) is 0.733. The van der Waals surface area contributed by atoms with Crippen LogP contribution in [0.1, 0.15) is 34.1 Å². The van der Waals surface area contributed by atoms with Crippen LogP contribution in [0, 0.1) is 0 Å². The van der Waals surface area contributed by atoms with Gasteiger partial charge in [0.15, 0.2) is 0 Å². The van der Waals surface area contributed by atoms with Crippen LogP contribution in [0.25, 0.3) is 0 Å². The smallest absolute Gasteiger partial charge is 0.374 e. The fourth-order valence-electron chi connectivity index (χ4n) is 2.10. The summed E-state index contributed by atoms with van der Waals surface area (Å²) in [6.07, 6.45) is 4.64. The fourth-order valence-corrected chi connectivity index (χ4v) is 4.88. The average Bonchev–Trinajstić information content (AvgIpc) is 2.39. The highest BCUT2D eigenvalue weighted by atomic mass is 28.4. The van der Waals surface area contributed by atoms with Crippen LogP contribution in [0.3, 0.4) is 0 Å². The van der Waals surface area contributed by atoms with Gasteiger partial charge in [0.1, 0.15) is 6.23 Å². The van der Waals surface area contributed by atoms with Crippen LogP contribution in [-0.2, 0) is 13.3 Å². The molecule has 0 spiro atoms. The first-order valence-electron chi connectivity index (χ1n) is 7.50. The zero-order valence-electron chi connectivity index (χ0n) is 13.6. The maximum absolute atomic E-state index is 6.25. The molecule has 4 nitrogen and oxygen atoms in total. The van der Waals surface area contributed by atoms with Gasteiger partial charge in [-0.1, -0.05) is 25.5 Å². The summed E-state index contributed by atoms with van der Waals surface area (Å²) in [7, 11) is -2.59. The van der Waals surface area contributed by atoms with E-state index >= 15 is 0 Å². The number of rotatable bonds is 13. The highest BCUT2D eigenvalue weighted by Crippen LogP contribution is 2.21. The average molecular weight is 302 g/mol. The first kappa shape index (κ1) is 19.5. The van der Waals surface area contributed by atoms with E-state index in [0.29, 0.717) is 13.2 Å². The van der Waals surface area contributed by atoms with Crippen molar-refractivity contribution in [2.24, 2.45) is 0 Å². The van der Waals surface area contributed by atoms with E-state index in [4.69, 9.17) is 13.3 Å². The highest BCUT2D eigenvalue weighted by molar-refractivity contribution is 6.60. The zero-order valence-corrected chi connectivity index (χ0v) is 14.6. The van der Waals surface area contributed by atoms with Crippen molar-refractivity contribution in [3.05, 3.63) is 25.3 Å². The molecule has 118 valence electrons. The second-order valence-corrected chi connectivity index (χ2v) is 7.23. The summed E-state index contributed by atoms with van der Waals surface area (Å²) < 4.78 is 18.1. The van der Waals surface area contributed by atoms with Crippen LogP contribution in [0.4, 0.5) is 0 Å². The van der Waals surface area contributed by atoms with Crippen molar-refractivity contribution < 1.29 is 13.3 Å². The highest BCUT2D eigenvalue weighted by Gasteiger charge is 2.42. The molecule has 0 aromatic carbocycles. The van der Waals surface area contributed by atoms with Gasteiger partial charge in [0.05, 0.1) is 0 Å². The standard InChI is InChI=1S/C15H31NO3Si/c1-7-12-16(13-8-2)15(6)19-20(14-9-3,17-10-4)18-11-5/h7-8,15H,1-2,9-14H2,3-6H3. The van der Waals surface area contributed by atoms with Crippen molar-refractivity contribution in [1.82, 2.24) is 4.90 Å². The van der Waals surface area contributed by atoms with Crippen molar-refractivity contribution in [3.8, 4) is 0 Å². The van der Waals surface area contributed by atoms with E-state index in [0.717, 1.165) is 25.6 Å². The SMILES string of the molecule is C=CCN(CC=C)C(C)O[Si](CCC)(OCC)OCC. The molecule has 1 atom stereocenters. The molecule has 5 heteroatoms. The Morgan fingerprint density at radius 3 is 1.90 bits per heavy atom. The summed E-state index contributed by atoms with van der Waals surface area (Å²) >= 11 is 0. The molecule has 0 bridgehead atoms.